The molecular formula is C59H39F3N2O3S2. The van der Waals surface area contributed by atoms with Crippen LogP contribution in [0.3, 0.4) is 0 Å². The van der Waals surface area contributed by atoms with Crippen molar-refractivity contribution in [3.63, 3.8) is 0 Å². The number of hydrogen-bond acceptors (Lipinski definition) is 6. The summed E-state index contributed by atoms with van der Waals surface area (Å²) in [4.78, 5) is 4.46. The van der Waals surface area contributed by atoms with E-state index in [-0.39, 0.29) is 0 Å². The fraction of sp³-hybridized carbons (Fsp3) is 0.0169. The van der Waals surface area contributed by atoms with Crippen molar-refractivity contribution in [1.29, 1.82) is 0 Å². The number of hydrogen-bond donors (Lipinski definition) is 0. The van der Waals surface area contributed by atoms with E-state index in [4.69, 9.17) is 0 Å². The van der Waals surface area contributed by atoms with Gasteiger partial charge in [-0.1, -0.05) is 133 Å². The van der Waals surface area contributed by atoms with E-state index in [1.807, 2.05) is 78.9 Å². The smallest absolute Gasteiger partial charge is 0.376 e. The molecule has 5 nitrogen and oxygen atoms in total. The summed E-state index contributed by atoms with van der Waals surface area (Å²) in [5, 5.41) is 4.38. The van der Waals surface area contributed by atoms with Crippen molar-refractivity contribution in [2.24, 2.45) is 0 Å². The van der Waals surface area contributed by atoms with Crippen LogP contribution in [0.5, 0.6) is 5.75 Å². The molecule has 11 rings (SSSR count). The lowest BCUT2D eigenvalue weighted by molar-refractivity contribution is -0.0500. The summed E-state index contributed by atoms with van der Waals surface area (Å²) in [6, 6.07) is 78.6. The maximum atomic E-state index is 13.4. The summed E-state index contributed by atoms with van der Waals surface area (Å²) in [6.07, 6.45) is 0. The highest BCUT2D eigenvalue weighted by molar-refractivity contribution is 7.88. The second-order valence-corrected chi connectivity index (χ2v) is 19.2. The Morgan fingerprint density at radius 3 is 1.52 bits per heavy atom. The summed E-state index contributed by atoms with van der Waals surface area (Å²) in [7, 11) is -5.89. The van der Waals surface area contributed by atoms with Gasteiger partial charge < -0.3 is 14.0 Å². The fourth-order valence-electron chi connectivity index (χ4n) is 8.96. The molecule has 0 N–H and O–H groups in total. The lowest BCUT2D eigenvalue weighted by atomic mass is 9.93. The van der Waals surface area contributed by atoms with Gasteiger partial charge in [0.15, 0.2) is 0 Å². The Balaban J connectivity index is 1.06. The Hall–Kier alpha value is -8.18. The number of thiophene rings is 1. The van der Waals surface area contributed by atoms with Crippen LogP contribution in [-0.2, 0) is 10.1 Å². The lowest BCUT2D eigenvalue weighted by Gasteiger charge is -2.26. The van der Waals surface area contributed by atoms with Crippen molar-refractivity contribution in [2.75, 3.05) is 9.80 Å². The first kappa shape index (κ1) is 43.4. The molecule has 0 bridgehead atoms. The van der Waals surface area contributed by atoms with Gasteiger partial charge in [0.25, 0.3) is 0 Å². The topological polar surface area (TPSA) is 49.9 Å². The first-order valence-electron chi connectivity index (χ1n) is 22.1. The molecule has 0 aliphatic heterocycles. The number of rotatable bonds is 11. The molecule has 1 aromatic heterocycles. The Morgan fingerprint density at radius 2 is 0.884 bits per heavy atom. The first-order valence-corrected chi connectivity index (χ1v) is 24.4. The number of alkyl halides is 3. The first-order chi connectivity index (χ1) is 33.6. The van der Waals surface area contributed by atoms with Crippen LogP contribution >= 0.6 is 11.3 Å². The van der Waals surface area contributed by atoms with Crippen LogP contribution < -0.4 is 14.0 Å². The number of halogens is 3. The van der Waals surface area contributed by atoms with E-state index < -0.39 is 21.4 Å². The van der Waals surface area contributed by atoms with E-state index in [0.29, 0.717) is 11.1 Å². The van der Waals surface area contributed by atoms with Crippen molar-refractivity contribution < 1.29 is 25.8 Å². The molecule has 0 radical (unpaired) electrons. The molecule has 0 aliphatic carbocycles. The molecule has 336 valence electrons. The normalized spacial score (nSPS) is 11.8. The van der Waals surface area contributed by atoms with Crippen LogP contribution in [0.15, 0.2) is 237 Å². The second-order valence-electron chi connectivity index (χ2n) is 16.5. The van der Waals surface area contributed by atoms with E-state index in [2.05, 4.69) is 147 Å². The number of benzene rings is 10. The molecule has 0 spiro atoms. The number of para-hydroxylation sites is 3. The third kappa shape index (κ3) is 8.56. The monoisotopic (exact) mass is 944 g/mol. The van der Waals surface area contributed by atoms with Gasteiger partial charge in [-0.05, 0) is 147 Å². The van der Waals surface area contributed by atoms with Gasteiger partial charge in [-0.25, -0.2) is 0 Å². The van der Waals surface area contributed by atoms with Gasteiger partial charge in [-0.3, -0.25) is 0 Å². The maximum absolute atomic E-state index is 13.4. The minimum absolute atomic E-state index is 0.440. The second kappa shape index (κ2) is 17.8. The highest BCUT2D eigenvalue weighted by atomic mass is 32.2. The van der Waals surface area contributed by atoms with Crippen LogP contribution in [0.25, 0.3) is 64.3 Å². The van der Waals surface area contributed by atoms with Gasteiger partial charge in [0, 0.05) is 54.3 Å². The van der Waals surface area contributed by atoms with E-state index >= 15 is 0 Å². The quantitative estimate of drug-likeness (QED) is 0.0955. The highest BCUT2D eigenvalue weighted by Gasteiger charge is 2.48. The Bertz CT molecular complexity index is 3750. The summed E-state index contributed by atoms with van der Waals surface area (Å²) < 4.78 is 71.0. The van der Waals surface area contributed by atoms with Gasteiger partial charge in [0.2, 0.25) is 0 Å². The molecule has 0 atom stereocenters. The van der Waals surface area contributed by atoms with Crippen molar-refractivity contribution >= 4 is 86.5 Å². The molecule has 1 heterocycles. The molecule has 10 aromatic carbocycles. The Labute approximate surface area is 401 Å². The molecule has 11 aromatic rings. The van der Waals surface area contributed by atoms with Crippen LogP contribution in [0, 0.1) is 0 Å². The molecule has 0 amide bonds. The third-order valence-corrected chi connectivity index (χ3v) is 14.2. The van der Waals surface area contributed by atoms with Crippen LogP contribution in [0.1, 0.15) is 0 Å². The SMILES string of the molecule is O=S(=O)(Oc1cccc(-c2cc(-c3cccc(N(c4ccccc4)c4ccccc4)c3)c3c(c2)sc2cc(-c4cccc(N(c5ccccc5)c5ccc6ccccc6c5)c4)ccc23)c1)C(F)(F)F. The summed E-state index contributed by atoms with van der Waals surface area (Å²) in [6.45, 7) is 0. The van der Waals surface area contributed by atoms with Crippen molar-refractivity contribution in [3.8, 4) is 39.1 Å². The lowest BCUT2D eigenvalue weighted by Crippen LogP contribution is -2.28. The fourth-order valence-corrected chi connectivity index (χ4v) is 10.6. The van der Waals surface area contributed by atoms with Crippen LogP contribution in [-0.4, -0.2) is 13.9 Å². The van der Waals surface area contributed by atoms with Crippen molar-refractivity contribution in [3.05, 3.63) is 237 Å². The molecule has 0 saturated carbocycles. The summed E-state index contributed by atoms with van der Waals surface area (Å²) in [5.74, 6) is -0.440. The average molecular weight is 945 g/mol. The Kier molecular flexibility index (Phi) is 11.2. The number of anilines is 6. The number of nitrogens with zero attached hydrogens (tertiary/aromatic N) is 2. The molecule has 0 aliphatic rings. The van der Waals surface area contributed by atoms with Crippen molar-refractivity contribution in [1.82, 2.24) is 0 Å². The molecular weight excluding hydrogens is 906 g/mol. The van der Waals surface area contributed by atoms with Crippen LogP contribution in [0.2, 0.25) is 0 Å². The van der Waals surface area contributed by atoms with E-state index in [1.54, 1.807) is 17.4 Å². The molecule has 0 unspecified atom stereocenters. The Morgan fingerprint density at radius 1 is 0.391 bits per heavy atom. The van der Waals surface area contributed by atoms with Gasteiger partial charge >= 0.3 is 15.6 Å². The minimum Gasteiger partial charge on any atom is -0.376 e. The molecule has 0 saturated heterocycles. The summed E-state index contributed by atoms with van der Waals surface area (Å²) >= 11 is 1.62. The summed E-state index contributed by atoms with van der Waals surface area (Å²) in [5.41, 5.74) is 5.42. The maximum Gasteiger partial charge on any atom is 0.534 e. The zero-order valence-electron chi connectivity index (χ0n) is 36.6. The number of fused-ring (bicyclic) bond motifs is 4. The van der Waals surface area contributed by atoms with Gasteiger partial charge in [0.1, 0.15) is 5.75 Å². The van der Waals surface area contributed by atoms with E-state index in [9.17, 15) is 21.6 Å². The van der Waals surface area contributed by atoms with Gasteiger partial charge in [-0.2, -0.15) is 21.6 Å². The van der Waals surface area contributed by atoms with E-state index in [0.717, 1.165) is 81.9 Å². The molecule has 0 fully saturated rings. The van der Waals surface area contributed by atoms with Crippen LogP contribution in [0.4, 0.5) is 47.3 Å². The van der Waals surface area contributed by atoms with Crippen molar-refractivity contribution in [2.45, 2.75) is 5.51 Å². The highest BCUT2D eigenvalue weighted by Crippen LogP contribution is 2.46. The zero-order chi connectivity index (χ0) is 47.1. The van der Waals surface area contributed by atoms with E-state index in [1.165, 1.54) is 23.6 Å². The largest absolute Gasteiger partial charge is 0.534 e. The molecule has 69 heavy (non-hydrogen) atoms. The van der Waals surface area contributed by atoms with Gasteiger partial charge in [-0.15, -0.1) is 11.3 Å². The van der Waals surface area contributed by atoms with Gasteiger partial charge in [0.05, 0.1) is 0 Å². The standard InChI is InChI=1S/C59H39F3N2O3S2/c60-59(61,62)69(65,66)67-53-28-14-18-43(36-53)46-37-55(45-19-13-27-51(35-45)63(47-20-4-1-5-21-47)48-22-6-2-7-23-48)58-54-32-30-44(38-56(54)68-57(58)39-46)42-17-12-26-50(34-42)64(49-24-8-3-9-25-49)52-31-29-40-15-10-11-16-41(40)33-52/h1-39H. The zero-order valence-corrected chi connectivity index (χ0v) is 38.2. The third-order valence-electron chi connectivity index (χ3n) is 12.1. The average Bonchev–Trinajstić information content (AvgIpc) is 3.75. The predicted molar refractivity (Wildman–Crippen MR) is 278 cm³/mol. The minimum atomic E-state index is -5.89. The predicted octanol–water partition coefficient (Wildman–Crippen LogP) is 17.4. The molecule has 10 heteroatoms.